The number of fused-ring (bicyclic) bond motifs is 3. The van der Waals surface area contributed by atoms with Gasteiger partial charge in [-0.1, -0.05) is 39.0 Å². The molecule has 1 aromatic carbocycles. The monoisotopic (exact) mass is 270 g/mol. The minimum absolute atomic E-state index is 0.0531. The number of benzene rings is 1. The molecule has 0 saturated heterocycles. The number of nitrogens with zero attached hydrogens (tertiary/aromatic N) is 1. The Hall–Kier alpha value is -1.77. The average Bonchev–Trinajstić information content (AvgIpc) is 2.74. The molecule has 3 nitrogen and oxygen atoms in total. The summed E-state index contributed by atoms with van der Waals surface area (Å²) in [6, 6.07) is 8.36. The van der Waals surface area contributed by atoms with Crippen LogP contribution in [-0.4, -0.2) is 22.3 Å². The molecule has 0 bridgehead atoms. The molecule has 1 aliphatic rings. The van der Waals surface area contributed by atoms with Crippen molar-refractivity contribution >= 4 is 16.8 Å². The number of H-pyrrole nitrogens is 1. The molecule has 0 fully saturated rings. The number of hydrogen-bond acceptors (Lipinski definition) is 1. The maximum atomic E-state index is 12.4. The van der Waals surface area contributed by atoms with E-state index in [1.807, 2.05) is 11.0 Å². The Labute approximate surface area is 120 Å². The van der Waals surface area contributed by atoms with Gasteiger partial charge in [0.1, 0.15) is 0 Å². The number of carbonyl (C=O) groups excluding carboxylic acids is 1. The molecular weight excluding hydrogens is 248 g/mol. The van der Waals surface area contributed by atoms with Crippen LogP contribution in [0.4, 0.5) is 0 Å². The molecule has 1 aliphatic heterocycles. The fraction of sp³-hybridized carbons (Fsp3) is 0.471. The molecular formula is C17H22N2O. The van der Waals surface area contributed by atoms with Crippen LogP contribution in [0.15, 0.2) is 24.3 Å². The third-order valence-electron chi connectivity index (χ3n) is 3.92. The van der Waals surface area contributed by atoms with E-state index in [1.165, 1.54) is 22.2 Å². The summed E-state index contributed by atoms with van der Waals surface area (Å²) in [5.74, 6) is 0.272. The van der Waals surface area contributed by atoms with E-state index in [2.05, 4.69) is 44.0 Å². The Kier molecular flexibility index (Phi) is 3.08. The van der Waals surface area contributed by atoms with E-state index in [4.69, 9.17) is 0 Å². The minimum atomic E-state index is 0.0531. The minimum Gasteiger partial charge on any atom is -0.358 e. The maximum Gasteiger partial charge on any atom is 0.223 e. The molecule has 106 valence electrons. The average molecular weight is 270 g/mol. The van der Waals surface area contributed by atoms with Crippen LogP contribution < -0.4 is 0 Å². The molecule has 1 aromatic heterocycles. The van der Waals surface area contributed by atoms with E-state index in [1.54, 1.807) is 0 Å². The van der Waals surface area contributed by atoms with Crippen molar-refractivity contribution in [2.24, 2.45) is 5.41 Å². The van der Waals surface area contributed by atoms with Gasteiger partial charge in [-0.15, -0.1) is 0 Å². The molecule has 0 aliphatic carbocycles. The van der Waals surface area contributed by atoms with Crippen LogP contribution in [0.3, 0.4) is 0 Å². The first-order valence-electron chi connectivity index (χ1n) is 7.30. The van der Waals surface area contributed by atoms with Crippen molar-refractivity contribution in [3.05, 3.63) is 35.5 Å². The number of aromatic nitrogens is 1. The summed E-state index contributed by atoms with van der Waals surface area (Å²) >= 11 is 0. The number of para-hydroxylation sites is 1. The highest BCUT2D eigenvalue weighted by Gasteiger charge is 2.26. The maximum absolute atomic E-state index is 12.4. The van der Waals surface area contributed by atoms with Crippen molar-refractivity contribution in [3.63, 3.8) is 0 Å². The number of nitrogens with one attached hydrogen (secondary N) is 1. The van der Waals surface area contributed by atoms with Gasteiger partial charge in [-0.2, -0.15) is 0 Å². The van der Waals surface area contributed by atoms with Crippen molar-refractivity contribution in [1.29, 1.82) is 0 Å². The van der Waals surface area contributed by atoms with Gasteiger partial charge in [0.2, 0.25) is 5.91 Å². The normalized spacial score (nSPS) is 15.4. The van der Waals surface area contributed by atoms with Crippen LogP contribution in [0.2, 0.25) is 0 Å². The standard InChI is InChI=1S/C17H22N2O/c1-17(2,3)10-16(20)19-9-8-15-13(11-19)12-6-4-5-7-14(12)18-15/h4-7,18H,8-11H2,1-3H3. The van der Waals surface area contributed by atoms with Crippen LogP contribution in [0.25, 0.3) is 10.9 Å². The van der Waals surface area contributed by atoms with Crippen molar-refractivity contribution < 1.29 is 4.79 Å². The number of rotatable bonds is 1. The van der Waals surface area contributed by atoms with E-state index in [0.717, 1.165) is 19.5 Å². The molecule has 1 amide bonds. The Morgan fingerprint density at radius 1 is 1.30 bits per heavy atom. The lowest BCUT2D eigenvalue weighted by atomic mass is 9.91. The van der Waals surface area contributed by atoms with Crippen LogP contribution in [0.5, 0.6) is 0 Å². The van der Waals surface area contributed by atoms with E-state index < -0.39 is 0 Å². The van der Waals surface area contributed by atoms with Gasteiger partial charge in [0, 0.05) is 48.1 Å². The van der Waals surface area contributed by atoms with Gasteiger partial charge >= 0.3 is 0 Å². The van der Waals surface area contributed by atoms with Gasteiger partial charge in [0.15, 0.2) is 0 Å². The van der Waals surface area contributed by atoms with Gasteiger partial charge in [0.25, 0.3) is 0 Å². The second-order valence-corrected chi connectivity index (χ2v) is 6.93. The second kappa shape index (κ2) is 4.65. The summed E-state index contributed by atoms with van der Waals surface area (Å²) in [5.41, 5.74) is 3.83. The van der Waals surface area contributed by atoms with E-state index in [9.17, 15) is 4.79 Å². The van der Waals surface area contributed by atoms with Crippen molar-refractivity contribution in [1.82, 2.24) is 9.88 Å². The predicted octanol–water partition coefficient (Wildman–Crippen LogP) is 3.49. The Balaban J connectivity index is 1.86. The molecule has 1 N–H and O–H groups in total. The number of aromatic amines is 1. The lowest BCUT2D eigenvalue weighted by Gasteiger charge is -2.30. The number of carbonyl (C=O) groups is 1. The van der Waals surface area contributed by atoms with Gasteiger partial charge in [0.05, 0.1) is 0 Å². The fourth-order valence-corrected chi connectivity index (χ4v) is 2.94. The molecule has 0 atom stereocenters. The van der Waals surface area contributed by atoms with Crippen LogP contribution in [0, 0.1) is 5.41 Å². The van der Waals surface area contributed by atoms with Gasteiger partial charge < -0.3 is 9.88 Å². The Morgan fingerprint density at radius 2 is 2.05 bits per heavy atom. The zero-order valence-electron chi connectivity index (χ0n) is 12.5. The highest BCUT2D eigenvalue weighted by atomic mass is 16.2. The lowest BCUT2D eigenvalue weighted by Crippen LogP contribution is -2.37. The Morgan fingerprint density at radius 3 is 2.80 bits per heavy atom. The van der Waals surface area contributed by atoms with Crippen LogP contribution >= 0.6 is 0 Å². The van der Waals surface area contributed by atoms with Gasteiger partial charge in [-0.25, -0.2) is 0 Å². The van der Waals surface area contributed by atoms with Gasteiger partial charge in [-0.05, 0) is 11.5 Å². The van der Waals surface area contributed by atoms with Crippen molar-refractivity contribution in [2.75, 3.05) is 6.54 Å². The highest BCUT2D eigenvalue weighted by Crippen LogP contribution is 2.29. The molecule has 3 heteroatoms. The summed E-state index contributed by atoms with van der Waals surface area (Å²) in [7, 11) is 0. The van der Waals surface area contributed by atoms with E-state index >= 15 is 0 Å². The predicted molar refractivity (Wildman–Crippen MR) is 81.5 cm³/mol. The van der Waals surface area contributed by atoms with E-state index in [0.29, 0.717) is 6.42 Å². The Bertz CT molecular complexity index is 649. The molecule has 0 unspecified atom stereocenters. The third-order valence-corrected chi connectivity index (χ3v) is 3.92. The second-order valence-electron chi connectivity index (χ2n) is 6.93. The molecule has 0 radical (unpaired) electrons. The SMILES string of the molecule is CC(C)(C)CC(=O)N1CCc2[nH]c3ccccc3c2C1. The molecule has 2 aromatic rings. The third kappa shape index (κ3) is 2.45. The molecule has 3 rings (SSSR count). The summed E-state index contributed by atoms with van der Waals surface area (Å²) < 4.78 is 0. The first-order valence-corrected chi connectivity index (χ1v) is 7.30. The zero-order chi connectivity index (χ0) is 14.3. The summed E-state index contributed by atoms with van der Waals surface area (Å²) in [4.78, 5) is 17.9. The lowest BCUT2D eigenvalue weighted by molar-refractivity contribution is -0.134. The zero-order valence-corrected chi connectivity index (χ0v) is 12.5. The molecule has 2 heterocycles. The van der Waals surface area contributed by atoms with Crippen molar-refractivity contribution in [2.45, 2.75) is 40.2 Å². The van der Waals surface area contributed by atoms with Crippen molar-refractivity contribution in [3.8, 4) is 0 Å². The number of hydrogen-bond donors (Lipinski definition) is 1. The fourth-order valence-electron chi connectivity index (χ4n) is 2.94. The molecule has 0 saturated carbocycles. The highest BCUT2D eigenvalue weighted by molar-refractivity contribution is 5.86. The summed E-state index contributed by atoms with van der Waals surface area (Å²) in [6.07, 6.45) is 1.55. The smallest absolute Gasteiger partial charge is 0.223 e. The van der Waals surface area contributed by atoms with Crippen LogP contribution in [-0.2, 0) is 17.8 Å². The molecule has 20 heavy (non-hydrogen) atoms. The first-order chi connectivity index (χ1) is 9.44. The largest absolute Gasteiger partial charge is 0.358 e. The quantitative estimate of drug-likeness (QED) is 0.846. The summed E-state index contributed by atoms with van der Waals surface area (Å²) in [5, 5.41) is 1.26. The molecule has 0 spiro atoms. The van der Waals surface area contributed by atoms with E-state index in [-0.39, 0.29) is 11.3 Å². The first kappa shape index (κ1) is 13.2. The summed E-state index contributed by atoms with van der Waals surface area (Å²) in [6.45, 7) is 7.92. The van der Waals surface area contributed by atoms with Gasteiger partial charge in [-0.3, -0.25) is 4.79 Å². The topological polar surface area (TPSA) is 36.1 Å². The number of amides is 1. The van der Waals surface area contributed by atoms with Crippen LogP contribution in [0.1, 0.15) is 38.4 Å².